The highest BCUT2D eigenvalue weighted by Crippen LogP contribution is 2.40. The molecule has 1 spiro atoms. The van der Waals surface area contributed by atoms with Crippen LogP contribution < -0.4 is 0 Å². The molecule has 4 nitrogen and oxygen atoms in total. The maximum Gasteiger partial charge on any atom is 0.225 e. The van der Waals surface area contributed by atoms with Gasteiger partial charge < -0.3 is 14.4 Å². The fourth-order valence-electron chi connectivity index (χ4n) is 4.23. The summed E-state index contributed by atoms with van der Waals surface area (Å²) in [5.41, 5.74) is 0.0553. The van der Waals surface area contributed by atoms with E-state index in [-0.39, 0.29) is 5.60 Å². The van der Waals surface area contributed by atoms with Crippen molar-refractivity contribution < 1.29 is 14.3 Å². The first-order valence-corrected chi connectivity index (χ1v) is 9.75. The number of nitrogens with zero attached hydrogens (tertiary/aromatic N) is 1. The second-order valence-electron chi connectivity index (χ2n) is 8.30. The van der Waals surface area contributed by atoms with E-state index in [1.807, 2.05) is 0 Å². The Morgan fingerprint density at radius 2 is 1.87 bits per heavy atom. The molecule has 0 aromatic carbocycles. The zero-order valence-corrected chi connectivity index (χ0v) is 14.3. The average molecular weight is 321 g/mol. The topological polar surface area (TPSA) is 38.8 Å². The van der Waals surface area contributed by atoms with Crippen LogP contribution in [0, 0.1) is 17.8 Å². The lowest BCUT2D eigenvalue weighted by molar-refractivity contribution is -0.149. The van der Waals surface area contributed by atoms with Gasteiger partial charge in [-0.3, -0.25) is 4.79 Å². The molecule has 1 unspecified atom stereocenters. The van der Waals surface area contributed by atoms with Crippen LogP contribution in [0.25, 0.3) is 0 Å². The zero-order valence-electron chi connectivity index (χ0n) is 14.3. The van der Waals surface area contributed by atoms with Gasteiger partial charge in [-0.1, -0.05) is 0 Å². The Morgan fingerprint density at radius 3 is 2.57 bits per heavy atom. The van der Waals surface area contributed by atoms with E-state index in [0.29, 0.717) is 11.8 Å². The summed E-state index contributed by atoms with van der Waals surface area (Å²) in [4.78, 5) is 14.3. The largest absolute Gasteiger partial charge is 0.381 e. The number of carbonyl (C=O) groups excluding carboxylic acids is 1. The van der Waals surface area contributed by atoms with Crippen LogP contribution in [0.4, 0.5) is 0 Å². The normalized spacial score (nSPS) is 30.6. The molecule has 2 heterocycles. The van der Waals surface area contributed by atoms with Crippen LogP contribution in [-0.4, -0.2) is 49.3 Å². The highest BCUT2D eigenvalue weighted by atomic mass is 16.5. The van der Waals surface area contributed by atoms with E-state index >= 15 is 0 Å². The smallest absolute Gasteiger partial charge is 0.225 e. The number of hydrogen-bond donors (Lipinski definition) is 0. The minimum Gasteiger partial charge on any atom is -0.381 e. The van der Waals surface area contributed by atoms with Gasteiger partial charge in [-0.2, -0.15) is 0 Å². The average Bonchev–Trinajstić information content (AvgIpc) is 3.46. The van der Waals surface area contributed by atoms with Gasteiger partial charge in [0.05, 0.1) is 5.60 Å². The molecule has 2 saturated heterocycles. The summed E-state index contributed by atoms with van der Waals surface area (Å²) >= 11 is 0. The van der Waals surface area contributed by atoms with Crippen molar-refractivity contribution in [3.8, 4) is 0 Å². The van der Waals surface area contributed by atoms with Crippen molar-refractivity contribution >= 4 is 5.91 Å². The van der Waals surface area contributed by atoms with E-state index in [2.05, 4.69) is 4.90 Å². The van der Waals surface area contributed by atoms with E-state index in [0.717, 1.165) is 70.4 Å². The zero-order chi connectivity index (χ0) is 15.7. The van der Waals surface area contributed by atoms with Crippen molar-refractivity contribution in [3.05, 3.63) is 0 Å². The lowest BCUT2D eigenvalue weighted by Gasteiger charge is -2.46. The number of rotatable bonds is 6. The van der Waals surface area contributed by atoms with E-state index in [4.69, 9.17) is 9.47 Å². The van der Waals surface area contributed by atoms with Crippen LogP contribution in [0.3, 0.4) is 0 Å². The summed E-state index contributed by atoms with van der Waals surface area (Å²) in [5.74, 6) is 2.37. The van der Waals surface area contributed by atoms with Crippen molar-refractivity contribution in [1.29, 1.82) is 0 Å². The number of likely N-dealkylation sites (tertiary alicyclic amines) is 1. The fraction of sp³-hybridized carbons (Fsp3) is 0.947. The predicted octanol–water partition coefficient (Wildman–Crippen LogP) is 3.00. The molecule has 2 saturated carbocycles. The van der Waals surface area contributed by atoms with Gasteiger partial charge in [0.2, 0.25) is 5.91 Å². The molecular weight excluding hydrogens is 290 g/mol. The standard InChI is InChI=1S/C19H31NO3/c21-18(17-3-4-17)20-9-7-19(8-10-20)13-15(6-12-23-19)5-11-22-14-16-1-2-16/h15-17H,1-14H2. The molecule has 4 rings (SSSR count). The Morgan fingerprint density at radius 1 is 1.09 bits per heavy atom. The third-order valence-corrected chi connectivity index (χ3v) is 6.23. The second kappa shape index (κ2) is 6.72. The molecule has 1 amide bonds. The van der Waals surface area contributed by atoms with Crippen LogP contribution in [-0.2, 0) is 14.3 Å². The first-order chi connectivity index (χ1) is 11.2. The van der Waals surface area contributed by atoms with Crippen LogP contribution in [0.15, 0.2) is 0 Å². The first-order valence-electron chi connectivity index (χ1n) is 9.75. The monoisotopic (exact) mass is 321 g/mol. The molecule has 4 aliphatic rings. The molecule has 1 atom stereocenters. The molecule has 0 aromatic rings. The molecule has 0 bridgehead atoms. The number of amides is 1. The molecule has 2 aliphatic heterocycles. The van der Waals surface area contributed by atoms with Crippen molar-refractivity contribution in [2.75, 3.05) is 32.9 Å². The van der Waals surface area contributed by atoms with Gasteiger partial charge in [0.25, 0.3) is 0 Å². The molecule has 130 valence electrons. The minimum atomic E-state index is 0.0553. The summed E-state index contributed by atoms with van der Waals surface area (Å²) in [7, 11) is 0. The third kappa shape index (κ3) is 4.08. The van der Waals surface area contributed by atoms with Crippen molar-refractivity contribution in [3.63, 3.8) is 0 Å². The molecule has 4 heteroatoms. The summed E-state index contributed by atoms with van der Waals surface area (Å²) in [6, 6.07) is 0. The molecule has 2 aliphatic carbocycles. The first kappa shape index (κ1) is 15.9. The molecular formula is C19H31NO3. The molecule has 4 fully saturated rings. The second-order valence-corrected chi connectivity index (χ2v) is 8.30. The Balaban J connectivity index is 1.21. The van der Waals surface area contributed by atoms with Gasteiger partial charge in [-0.15, -0.1) is 0 Å². The number of ether oxygens (including phenoxy) is 2. The van der Waals surface area contributed by atoms with E-state index in [9.17, 15) is 4.79 Å². The maximum atomic E-state index is 12.2. The molecule has 0 radical (unpaired) electrons. The fourth-order valence-corrected chi connectivity index (χ4v) is 4.23. The summed E-state index contributed by atoms with van der Waals surface area (Å²) in [6.45, 7) is 4.60. The molecule has 0 N–H and O–H groups in total. The Labute approximate surface area is 139 Å². The summed E-state index contributed by atoms with van der Waals surface area (Å²) < 4.78 is 12.0. The van der Waals surface area contributed by atoms with Crippen molar-refractivity contribution in [1.82, 2.24) is 4.90 Å². The van der Waals surface area contributed by atoms with Crippen molar-refractivity contribution in [2.24, 2.45) is 17.8 Å². The lowest BCUT2D eigenvalue weighted by atomic mass is 9.78. The summed E-state index contributed by atoms with van der Waals surface area (Å²) in [5, 5.41) is 0. The van der Waals surface area contributed by atoms with Crippen LogP contribution >= 0.6 is 0 Å². The Hall–Kier alpha value is -0.610. The van der Waals surface area contributed by atoms with E-state index in [1.165, 1.54) is 32.1 Å². The van der Waals surface area contributed by atoms with Gasteiger partial charge in [0.1, 0.15) is 0 Å². The highest BCUT2D eigenvalue weighted by molar-refractivity contribution is 5.81. The van der Waals surface area contributed by atoms with E-state index < -0.39 is 0 Å². The quantitative estimate of drug-likeness (QED) is 0.706. The number of piperidine rings is 1. The SMILES string of the molecule is O=C(C1CC1)N1CCC2(CC1)CC(CCOCC1CC1)CCO2. The Kier molecular flexibility index (Phi) is 4.64. The Bertz CT molecular complexity index is 422. The predicted molar refractivity (Wildman–Crippen MR) is 88.1 cm³/mol. The van der Waals surface area contributed by atoms with Gasteiger partial charge in [-0.25, -0.2) is 0 Å². The minimum absolute atomic E-state index is 0.0553. The van der Waals surface area contributed by atoms with Gasteiger partial charge in [-0.05, 0) is 69.6 Å². The third-order valence-electron chi connectivity index (χ3n) is 6.23. The highest BCUT2D eigenvalue weighted by Gasteiger charge is 2.43. The molecule has 23 heavy (non-hydrogen) atoms. The van der Waals surface area contributed by atoms with Crippen molar-refractivity contribution in [2.45, 2.75) is 63.4 Å². The van der Waals surface area contributed by atoms with Gasteiger partial charge >= 0.3 is 0 Å². The van der Waals surface area contributed by atoms with Gasteiger partial charge in [0.15, 0.2) is 0 Å². The van der Waals surface area contributed by atoms with Crippen LogP contribution in [0.5, 0.6) is 0 Å². The van der Waals surface area contributed by atoms with E-state index in [1.54, 1.807) is 0 Å². The molecule has 0 aromatic heterocycles. The van der Waals surface area contributed by atoms with Crippen LogP contribution in [0.1, 0.15) is 57.8 Å². The maximum absolute atomic E-state index is 12.2. The summed E-state index contributed by atoms with van der Waals surface area (Å²) in [6.07, 6.45) is 10.6. The van der Waals surface area contributed by atoms with Crippen LogP contribution in [0.2, 0.25) is 0 Å². The number of carbonyl (C=O) groups is 1. The van der Waals surface area contributed by atoms with Gasteiger partial charge in [0, 0.05) is 38.8 Å². The lowest BCUT2D eigenvalue weighted by Crippen LogP contribution is -2.51. The number of hydrogen-bond acceptors (Lipinski definition) is 3.